The number of ether oxygens (including phenoxy) is 1. The second-order valence-corrected chi connectivity index (χ2v) is 4.09. The predicted molar refractivity (Wildman–Crippen MR) is 70.3 cm³/mol. The Kier molecular flexibility index (Phi) is 9.22. The maximum Gasteiger partial charge on any atom is 0.236 e. The Morgan fingerprint density at radius 2 is 1.83 bits per heavy atom. The standard InChI is InChI=1S/C12H25N3O3/c1-5-15(6-2)12(17)8-13-7-11(16)14-10(3)9-18-4/h10,13H,5-9H2,1-4H3,(H,14,16). The van der Waals surface area contributed by atoms with Crippen LogP contribution in [0.25, 0.3) is 0 Å². The highest BCUT2D eigenvalue weighted by atomic mass is 16.5. The molecule has 0 aromatic carbocycles. The van der Waals surface area contributed by atoms with E-state index in [2.05, 4.69) is 10.6 Å². The van der Waals surface area contributed by atoms with E-state index in [0.29, 0.717) is 19.7 Å². The number of likely N-dealkylation sites (N-methyl/N-ethyl adjacent to an activating group) is 1. The van der Waals surface area contributed by atoms with Crippen molar-refractivity contribution in [3.63, 3.8) is 0 Å². The zero-order valence-electron chi connectivity index (χ0n) is 11.8. The van der Waals surface area contributed by atoms with Gasteiger partial charge in [0, 0.05) is 26.2 Å². The molecule has 0 radical (unpaired) electrons. The Morgan fingerprint density at radius 3 is 2.33 bits per heavy atom. The Hall–Kier alpha value is -1.14. The number of amides is 2. The fourth-order valence-electron chi connectivity index (χ4n) is 1.59. The van der Waals surface area contributed by atoms with Crippen molar-refractivity contribution in [1.82, 2.24) is 15.5 Å². The first-order chi connectivity index (χ1) is 8.54. The van der Waals surface area contributed by atoms with Crippen molar-refractivity contribution >= 4 is 11.8 Å². The van der Waals surface area contributed by atoms with Crippen LogP contribution in [0.1, 0.15) is 20.8 Å². The summed E-state index contributed by atoms with van der Waals surface area (Å²) in [6.45, 7) is 7.91. The van der Waals surface area contributed by atoms with Crippen molar-refractivity contribution < 1.29 is 14.3 Å². The van der Waals surface area contributed by atoms with E-state index in [-0.39, 0.29) is 30.9 Å². The monoisotopic (exact) mass is 259 g/mol. The van der Waals surface area contributed by atoms with Gasteiger partial charge in [0.25, 0.3) is 0 Å². The highest BCUT2D eigenvalue weighted by Gasteiger charge is 2.10. The minimum atomic E-state index is -0.133. The van der Waals surface area contributed by atoms with Crippen LogP contribution in [0.2, 0.25) is 0 Å². The molecule has 2 amide bonds. The third kappa shape index (κ3) is 7.24. The molecule has 0 fully saturated rings. The maximum atomic E-state index is 11.6. The molecule has 0 saturated carbocycles. The molecule has 0 heterocycles. The number of rotatable bonds is 9. The second kappa shape index (κ2) is 9.85. The van der Waals surface area contributed by atoms with Crippen molar-refractivity contribution in [2.24, 2.45) is 0 Å². The molecule has 2 N–H and O–H groups in total. The van der Waals surface area contributed by atoms with Crippen LogP contribution < -0.4 is 10.6 Å². The Balaban J connectivity index is 3.77. The molecule has 0 aromatic heterocycles. The number of nitrogens with zero attached hydrogens (tertiary/aromatic N) is 1. The van der Waals surface area contributed by atoms with Crippen molar-refractivity contribution in [3.05, 3.63) is 0 Å². The molecule has 0 bridgehead atoms. The third-order valence-electron chi connectivity index (χ3n) is 2.50. The van der Waals surface area contributed by atoms with Gasteiger partial charge in [0.1, 0.15) is 0 Å². The normalized spacial score (nSPS) is 12.0. The van der Waals surface area contributed by atoms with E-state index in [1.807, 2.05) is 20.8 Å². The fourth-order valence-corrected chi connectivity index (χ4v) is 1.59. The molecule has 0 aliphatic rings. The van der Waals surface area contributed by atoms with E-state index in [1.54, 1.807) is 12.0 Å². The molecule has 0 saturated heterocycles. The van der Waals surface area contributed by atoms with Gasteiger partial charge in [0.15, 0.2) is 0 Å². The number of hydrogen-bond donors (Lipinski definition) is 2. The van der Waals surface area contributed by atoms with Crippen LogP contribution in [0, 0.1) is 0 Å². The lowest BCUT2D eigenvalue weighted by atomic mass is 10.3. The summed E-state index contributed by atoms with van der Waals surface area (Å²) in [6.07, 6.45) is 0. The lowest BCUT2D eigenvalue weighted by Gasteiger charge is -2.19. The quantitative estimate of drug-likeness (QED) is 0.591. The summed E-state index contributed by atoms with van der Waals surface area (Å²) in [5.41, 5.74) is 0. The first kappa shape index (κ1) is 16.9. The van der Waals surface area contributed by atoms with E-state index in [9.17, 15) is 9.59 Å². The molecule has 0 spiro atoms. The van der Waals surface area contributed by atoms with E-state index in [1.165, 1.54) is 0 Å². The van der Waals surface area contributed by atoms with Crippen LogP contribution in [-0.4, -0.2) is 62.7 Å². The summed E-state index contributed by atoms with van der Waals surface area (Å²) in [5.74, 6) is -0.121. The van der Waals surface area contributed by atoms with Crippen LogP contribution in [-0.2, 0) is 14.3 Å². The SMILES string of the molecule is CCN(CC)C(=O)CNCC(=O)NC(C)COC. The van der Waals surface area contributed by atoms with Gasteiger partial charge in [-0.1, -0.05) is 0 Å². The molecule has 1 unspecified atom stereocenters. The number of carbonyl (C=O) groups excluding carboxylic acids is 2. The van der Waals surface area contributed by atoms with Crippen molar-refractivity contribution in [2.75, 3.05) is 39.9 Å². The minimum absolute atomic E-state index is 0.0118. The van der Waals surface area contributed by atoms with Crippen LogP contribution in [0.4, 0.5) is 0 Å². The molecule has 18 heavy (non-hydrogen) atoms. The molecular weight excluding hydrogens is 234 g/mol. The summed E-state index contributed by atoms with van der Waals surface area (Å²) >= 11 is 0. The summed E-state index contributed by atoms with van der Waals surface area (Å²) < 4.78 is 4.91. The highest BCUT2D eigenvalue weighted by Crippen LogP contribution is 1.87. The lowest BCUT2D eigenvalue weighted by molar-refractivity contribution is -0.129. The molecule has 0 aliphatic carbocycles. The summed E-state index contributed by atoms with van der Waals surface area (Å²) in [6, 6.07) is -0.0252. The van der Waals surface area contributed by atoms with Gasteiger partial charge in [0.2, 0.25) is 11.8 Å². The average Bonchev–Trinajstić information content (AvgIpc) is 2.30. The molecule has 0 rings (SSSR count). The zero-order chi connectivity index (χ0) is 14.0. The topological polar surface area (TPSA) is 70.7 Å². The molecule has 106 valence electrons. The number of carbonyl (C=O) groups is 2. The summed E-state index contributed by atoms with van der Waals surface area (Å²) in [4.78, 5) is 24.8. The minimum Gasteiger partial charge on any atom is -0.383 e. The summed E-state index contributed by atoms with van der Waals surface area (Å²) in [7, 11) is 1.59. The van der Waals surface area contributed by atoms with Gasteiger partial charge in [0.05, 0.1) is 19.7 Å². The van der Waals surface area contributed by atoms with Crippen molar-refractivity contribution in [2.45, 2.75) is 26.8 Å². The molecule has 6 heteroatoms. The Morgan fingerprint density at radius 1 is 1.22 bits per heavy atom. The third-order valence-corrected chi connectivity index (χ3v) is 2.50. The van der Waals surface area contributed by atoms with Crippen LogP contribution in [0.3, 0.4) is 0 Å². The van der Waals surface area contributed by atoms with Gasteiger partial charge in [-0.25, -0.2) is 0 Å². The fraction of sp³-hybridized carbons (Fsp3) is 0.833. The smallest absolute Gasteiger partial charge is 0.236 e. The van der Waals surface area contributed by atoms with Gasteiger partial charge in [-0.2, -0.15) is 0 Å². The summed E-state index contributed by atoms with van der Waals surface area (Å²) in [5, 5.41) is 5.60. The largest absolute Gasteiger partial charge is 0.383 e. The van der Waals surface area contributed by atoms with Gasteiger partial charge in [-0.15, -0.1) is 0 Å². The van der Waals surface area contributed by atoms with Crippen LogP contribution >= 0.6 is 0 Å². The second-order valence-electron chi connectivity index (χ2n) is 4.09. The Bertz CT molecular complexity index is 255. The first-order valence-electron chi connectivity index (χ1n) is 6.31. The highest BCUT2D eigenvalue weighted by molar-refractivity contribution is 5.81. The van der Waals surface area contributed by atoms with Gasteiger partial charge < -0.3 is 15.0 Å². The first-order valence-corrected chi connectivity index (χ1v) is 6.31. The number of nitrogens with one attached hydrogen (secondary N) is 2. The van der Waals surface area contributed by atoms with Gasteiger partial charge in [-0.3, -0.25) is 14.9 Å². The van der Waals surface area contributed by atoms with Gasteiger partial charge >= 0.3 is 0 Å². The molecule has 0 aliphatic heterocycles. The van der Waals surface area contributed by atoms with Gasteiger partial charge in [-0.05, 0) is 20.8 Å². The van der Waals surface area contributed by atoms with E-state index in [4.69, 9.17) is 4.74 Å². The average molecular weight is 259 g/mol. The van der Waals surface area contributed by atoms with E-state index in [0.717, 1.165) is 0 Å². The predicted octanol–water partition coefficient (Wildman–Crippen LogP) is -0.404. The van der Waals surface area contributed by atoms with E-state index >= 15 is 0 Å². The zero-order valence-corrected chi connectivity index (χ0v) is 11.8. The molecule has 6 nitrogen and oxygen atoms in total. The van der Waals surface area contributed by atoms with Crippen LogP contribution in [0.15, 0.2) is 0 Å². The Labute approximate surface area is 109 Å². The van der Waals surface area contributed by atoms with E-state index < -0.39 is 0 Å². The number of methoxy groups -OCH3 is 1. The lowest BCUT2D eigenvalue weighted by Crippen LogP contribution is -2.44. The molecular formula is C12H25N3O3. The number of hydrogen-bond acceptors (Lipinski definition) is 4. The maximum absolute atomic E-state index is 11.6. The van der Waals surface area contributed by atoms with Crippen LogP contribution in [0.5, 0.6) is 0 Å². The molecule has 0 aromatic rings. The van der Waals surface area contributed by atoms with Crippen molar-refractivity contribution in [3.8, 4) is 0 Å². The van der Waals surface area contributed by atoms with Crippen molar-refractivity contribution in [1.29, 1.82) is 0 Å². The molecule has 1 atom stereocenters.